The van der Waals surface area contributed by atoms with Crippen molar-refractivity contribution in [3.8, 4) is 0 Å². The van der Waals surface area contributed by atoms with Gasteiger partial charge in [0.2, 0.25) is 5.91 Å². The zero-order valence-electron chi connectivity index (χ0n) is 11.9. The molecule has 0 aromatic heterocycles. The topological polar surface area (TPSA) is 35.6 Å². The zero-order chi connectivity index (χ0) is 12.7. The van der Waals surface area contributed by atoms with Crippen LogP contribution in [0.1, 0.15) is 32.6 Å². The first kappa shape index (κ1) is 17.7. The first-order valence-electron chi connectivity index (χ1n) is 6.80. The molecule has 1 heterocycles. The molecule has 18 heavy (non-hydrogen) atoms. The molecule has 1 rings (SSSR count). The first-order chi connectivity index (χ1) is 8.15. The van der Waals surface area contributed by atoms with E-state index in [1.165, 1.54) is 19.3 Å². The van der Waals surface area contributed by atoms with Crippen molar-refractivity contribution >= 4 is 18.3 Å². The van der Waals surface area contributed by atoms with Crippen LogP contribution >= 0.6 is 12.4 Å². The lowest BCUT2D eigenvalue weighted by molar-refractivity contribution is -0.129. The second kappa shape index (κ2) is 9.59. The molecular weight excluding hydrogens is 250 g/mol. The highest BCUT2D eigenvalue weighted by Crippen LogP contribution is 2.13. The van der Waals surface area contributed by atoms with Gasteiger partial charge < -0.3 is 10.2 Å². The van der Waals surface area contributed by atoms with Crippen LogP contribution in [0.4, 0.5) is 0 Å². The van der Waals surface area contributed by atoms with Crippen molar-refractivity contribution in [3.05, 3.63) is 0 Å². The van der Waals surface area contributed by atoms with E-state index in [1.54, 1.807) is 4.90 Å². The van der Waals surface area contributed by atoms with Crippen molar-refractivity contribution in [3.63, 3.8) is 0 Å². The molecule has 1 aliphatic heterocycles. The highest BCUT2D eigenvalue weighted by Gasteiger charge is 2.20. The molecule has 0 saturated carbocycles. The van der Waals surface area contributed by atoms with E-state index in [0.717, 1.165) is 26.2 Å². The van der Waals surface area contributed by atoms with Crippen molar-refractivity contribution in [1.82, 2.24) is 15.1 Å². The molecule has 1 fully saturated rings. The van der Waals surface area contributed by atoms with E-state index in [1.807, 2.05) is 14.1 Å². The highest BCUT2D eigenvalue weighted by molar-refractivity contribution is 5.85. The van der Waals surface area contributed by atoms with Crippen molar-refractivity contribution in [2.75, 3.05) is 40.3 Å². The van der Waals surface area contributed by atoms with Gasteiger partial charge in [-0.05, 0) is 38.9 Å². The molecule has 0 radical (unpaired) electrons. The average molecular weight is 278 g/mol. The number of carbonyl (C=O) groups is 1. The van der Waals surface area contributed by atoms with E-state index < -0.39 is 0 Å². The van der Waals surface area contributed by atoms with Crippen LogP contribution in [0, 0.1) is 0 Å². The average Bonchev–Trinajstić information content (AvgIpc) is 2.35. The van der Waals surface area contributed by atoms with E-state index in [2.05, 4.69) is 17.1 Å². The normalized spacial score (nSPS) is 16.4. The number of hydrogen-bond donors (Lipinski definition) is 1. The summed E-state index contributed by atoms with van der Waals surface area (Å²) < 4.78 is 0. The minimum atomic E-state index is 0. The monoisotopic (exact) mass is 277 g/mol. The molecule has 0 atom stereocenters. The van der Waals surface area contributed by atoms with E-state index in [4.69, 9.17) is 0 Å². The molecule has 5 heteroatoms. The van der Waals surface area contributed by atoms with Gasteiger partial charge in [-0.1, -0.05) is 6.92 Å². The third kappa shape index (κ3) is 6.03. The lowest BCUT2D eigenvalue weighted by Gasteiger charge is -2.34. The Kier molecular flexibility index (Phi) is 9.42. The summed E-state index contributed by atoms with van der Waals surface area (Å²) in [6, 6.07) is 0.672. The van der Waals surface area contributed by atoms with Gasteiger partial charge in [-0.3, -0.25) is 9.69 Å². The molecule has 1 saturated heterocycles. The third-order valence-electron chi connectivity index (χ3n) is 3.45. The van der Waals surface area contributed by atoms with Gasteiger partial charge in [0.1, 0.15) is 0 Å². The number of hydrogen-bond acceptors (Lipinski definition) is 3. The number of carbonyl (C=O) groups excluding carboxylic acids is 1. The molecule has 0 bridgehead atoms. The SMILES string of the molecule is CCCN(CCC(=O)N(C)C)C1CCNCC1.Cl. The number of nitrogens with one attached hydrogen (secondary N) is 1. The Morgan fingerprint density at radius 2 is 1.83 bits per heavy atom. The number of nitrogens with zero attached hydrogens (tertiary/aromatic N) is 2. The van der Waals surface area contributed by atoms with E-state index in [0.29, 0.717) is 12.5 Å². The van der Waals surface area contributed by atoms with Crippen LogP contribution in [0.3, 0.4) is 0 Å². The minimum absolute atomic E-state index is 0. The fraction of sp³-hybridized carbons (Fsp3) is 0.923. The molecular formula is C13H28ClN3O. The lowest BCUT2D eigenvalue weighted by Crippen LogP contribution is -2.44. The summed E-state index contributed by atoms with van der Waals surface area (Å²) >= 11 is 0. The summed E-state index contributed by atoms with van der Waals surface area (Å²) in [4.78, 5) is 15.8. The van der Waals surface area contributed by atoms with Crippen LogP contribution in [0.2, 0.25) is 0 Å². The van der Waals surface area contributed by atoms with Crippen LogP contribution in [0.25, 0.3) is 0 Å². The quantitative estimate of drug-likeness (QED) is 0.796. The van der Waals surface area contributed by atoms with E-state index in [9.17, 15) is 4.79 Å². The fourth-order valence-electron chi connectivity index (χ4n) is 2.40. The second-order valence-electron chi connectivity index (χ2n) is 5.06. The summed E-state index contributed by atoms with van der Waals surface area (Å²) in [6.07, 6.45) is 4.25. The van der Waals surface area contributed by atoms with Crippen LogP contribution < -0.4 is 5.32 Å². The van der Waals surface area contributed by atoms with Crippen molar-refractivity contribution in [2.24, 2.45) is 0 Å². The Balaban J connectivity index is 0.00000289. The molecule has 0 aliphatic carbocycles. The zero-order valence-corrected chi connectivity index (χ0v) is 12.8. The number of amides is 1. The fourth-order valence-corrected chi connectivity index (χ4v) is 2.40. The van der Waals surface area contributed by atoms with Gasteiger partial charge in [0.15, 0.2) is 0 Å². The summed E-state index contributed by atoms with van der Waals surface area (Å²) in [5.74, 6) is 0.236. The lowest BCUT2D eigenvalue weighted by atomic mass is 10.0. The van der Waals surface area contributed by atoms with Crippen LogP contribution in [0.15, 0.2) is 0 Å². The van der Waals surface area contributed by atoms with Gasteiger partial charge in [0.25, 0.3) is 0 Å². The number of piperidine rings is 1. The van der Waals surface area contributed by atoms with Gasteiger partial charge >= 0.3 is 0 Å². The molecule has 0 unspecified atom stereocenters. The predicted molar refractivity (Wildman–Crippen MR) is 78.3 cm³/mol. The Bertz CT molecular complexity index is 230. The third-order valence-corrected chi connectivity index (χ3v) is 3.45. The number of rotatable bonds is 6. The molecule has 0 aromatic rings. The van der Waals surface area contributed by atoms with Gasteiger partial charge in [-0.25, -0.2) is 0 Å². The van der Waals surface area contributed by atoms with Crippen LogP contribution in [0.5, 0.6) is 0 Å². The van der Waals surface area contributed by atoms with Gasteiger partial charge in [-0.2, -0.15) is 0 Å². The van der Waals surface area contributed by atoms with E-state index in [-0.39, 0.29) is 18.3 Å². The molecule has 108 valence electrons. The summed E-state index contributed by atoms with van der Waals surface area (Å²) in [5.41, 5.74) is 0. The second-order valence-corrected chi connectivity index (χ2v) is 5.06. The summed E-state index contributed by atoms with van der Waals surface area (Å²) in [7, 11) is 3.66. The van der Waals surface area contributed by atoms with Gasteiger partial charge in [0.05, 0.1) is 0 Å². The highest BCUT2D eigenvalue weighted by atomic mass is 35.5. The smallest absolute Gasteiger partial charge is 0.223 e. The Labute approximate surface area is 117 Å². The molecule has 1 amide bonds. The Hall–Kier alpha value is -0.320. The Morgan fingerprint density at radius 1 is 1.22 bits per heavy atom. The maximum Gasteiger partial charge on any atom is 0.223 e. The molecule has 1 N–H and O–H groups in total. The first-order valence-corrected chi connectivity index (χ1v) is 6.80. The van der Waals surface area contributed by atoms with Crippen molar-refractivity contribution < 1.29 is 4.79 Å². The van der Waals surface area contributed by atoms with Crippen molar-refractivity contribution in [1.29, 1.82) is 0 Å². The maximum absolute atomic E-state index is 11.6. The van der Waals surface area contributed by atoms with Gasteiger partial charge in [0, 0.05) is 33.1 Å². The summed E-state index contributed by atoms with van der Waals surface area (Å²) in [5, 5.41) is 3.39. The molecule has 0 spiro atoms. The van der Waals surface area contributed by atoms with Crippen molar-refractivity contribution in [2.45, 2.75) is 38.6 Å². The molecule has 1 aliphatic rings. The van der Waals surface area contributed by atoms with Crippen LogP contribution in [-0.2, 0) is 4.79 Å². The molecule has 0 aromatic carbocycles. The Morgan fingerprint density at radius 3 is 2.33 bits per heavy atom. The van der Waals surface area contributed by atoms with Gasteiger partial charge in [-0.15, -0.1) is 12.4 Å². The van der Waals surface area contributed by atoms with Crippen LogP contribution in [-0.4, -0.2) is 62.0 Å². The van der Waals surface area contributed by atoms with E-state index >= 15 is 0 Å². The largest absolute Gasteiger partial charge is 0.349 e. The molecule has 4 nitrogen and oxygen atoms in total. The maximum atomic E-state index is 11.6. The predicted octanol–water partition coefficient (Wildman–Crippen LogP) is 1.35. The standard InChI is InChI=1S/C13H27N3O.ClH/c1-4-10-16(11-7-13(17)15(2)3)12-5-8-14-9-6-12;/h12,14H,4-11H2,1-3H3;1H. The number of halogens is 1. The minimum Gasteiger partial charge on any atom is -0.349 e. The summed E-state index contributed by atoms with van der Waals surface area (Å²) in [6.45, 7) is 6.47.